The van der Waals surface area contributed by atoms with Crippen LogP contribution in [0, 0.1) is 0 Å². The molecule has 5 aromatic rings. The maximum atomic E-state index is 5.89. The Kier molecular flexibility index (Phi) is 50.2. The smallest absolute Gasteiger partial charge is 0.497 e. The average molecular weight is 1560 g/mol. The maximum absolute atomic E-state index is 5.89. The lowest BCUT2D eigenvalue weighted by atomic mass is 10.1. The summed E-state index contributed by atoms with van der Waals surface area (Å²) in [4.78, 5) is 0. The molecule has 27 heteroatoms. The molecular weight excluding hydrogens is 1430 g/mol. The minimum Gasteiger partial charge on any atom is -0.497 e. The van der Waals surface area contributed by atoms with Crippen LogP contribution in [0.3, 0.4) is 0 Å². The van der Waals surface area contributed by atoms with E-state index in [0.29, 0.717) is 143 Å². The Hall–Kier alpha value is -4.82. The summed E-state index contributed by atoms with van der Waals surface area (Å²) in [5, 5.41) is 0. The summed E-state index contributed by atoms with van der Waals surface area (Å²) in [5.74, 6) is 5.71. The fourth-order valence-electron chi connectivity index (χ4n) is 11.1. The van der Waals surface area contributed by atoms with E-state index in [9.17, 15) is 0 Å². The highest BCUT2D eigenvalue weighted by atomic mass is 28.4. The normalized spacial score (nSPS) is 12.3. The van der Waals surface area contributed by atoms with E-state index < -0.39 is 44.0 Å². The van der Waals surface area contributed by atoms with E-state index in [-0.39, 0.29) is 5.60 Å². The molecule has 0 saturated carbocycles. The molecule has 22 nitrogen and oxygen atoms in total. The molecule has 0 atom stereocenters. The van der Waals surface area contributed by atoms with Gasteiger partial charge in [0.05, 0.1) is 27.9 Å². The van der Waals surface area contributed by atoms with Gasteiger partial charge in [-0.25, -0.2) is 0 Å². The lowest BCUT2D eigenvalue weighted by Gasteiger charge is -2.29. The highest BCUT2D eigenvalue weighted by Crippen LogP contribution is 2.33. The minimum atomic E-state index is -2.72. The second-order valence-electron chi connectivity index (χ2n) is 24.0. The molecular formula is C78H134O22Si5. The Morgan fingerprint density at radius 1 is 0.286 bits per heavy atom. The number of fused-ring (bicyclic) bond motifs is 1. The fourth-order valence-corrected chi connectivity index (χ4v) is 24.1. The van der Waals surface area contributed by atoms with E-state index in [2.05, 4.69) is 24.3 Å². The fraction of sp³-hybridized carbons (Fsp3) is 0.615. The van der Waals surface area contributed by atoms with Gasteiger partial charge in [-0.1, -0.05) is 42.5 Å². The van der Waals surface area contributed by atoms with Crippen molar-refractivity contribution in [3.05, 3.63) is 137 Å². The van der Waals surface area contributed by atoms with Gasteiger partial charge in [0.2, 0.25) is 0 Å². The quantitative estimate of drug-likeness (QED) is 0.0332. The number of ether oxygens (including phenoxy) is 7. The van der Waals surface area contributed by atoms with E-state index in [0.717, 1.165) is 81.4 Å². The molecule has 0 aromatic heterocycles. The molecule has 0 radical (unpaired) electrons. The van der Waals surface area contributed by atoms with Crippen LogP contribution < -0.4 is 33.2 Å². The van der Waals surface area contributed by atoms with Gasteiger partial charge in [0, 0.05) is 135 Å². The number of benzene rings is 5. The Morgan fingerprint density at radius 2 is 0.581 bits per heavy atom. The van der Waals surface area contributed by atoms with Crippen molar-refractivity contribution in [2.75, 3.05) is 140 Å². The van der Waals surface area contributed by atoms with Crippen molar-refractivity contribution in [3.8, 4) is 40.2 Å². The van der Waals surface area contributed by atoms with Gasteiger partial charge >= 0.3 is 44.0 Å². The molecule has 0 amide bonds. The third kappa shape index (κ3) is 37.4. The van der Waals surface area contributed by atoms with Crippen molar-refractivity contribution in [1.82, 2.24) is 0 Å². The highest BCUT2D eigenvalue weighted by molar-refractivity contribution is 6.62. The lowest BCUT2D eigenvalue weighted by molar-refractivity contribution is 0.0695. The van der Waals surface area contributed by atoms with E-state index in [1.165, 1.54) is 5.56 Å². The monoisotopic (exact) mass is 1560 g/mol. The standard InChI is InChI=1S/C17H30O4Si.C16H28O4Si.C15H24O5Si.C15H26O5Si.C15H26O4Si/c1-7-18-22(19-8-2,20-9-3)14-15-10-12-16(13-11-15)21-17(4,5)6;1-5-18-21(19-6-2,20-7-3)14-8-9-15-10-12-16(17-4)13-11-15;1-4-18-21(19-5-2,20-6-3)12-13-7-8-14-15(11-13)17-10-9-16-14;1-6-18-21(19-7-2,20-8-3)12-13-9-14(16-4)11-15(10-13)17-5;1-5-16-15-11-9-14(10-12-15)13-20(17-6-2,18-7-3)19-8-4/h10-13H,7-9,14H2,1-6H3;10-13H,5-9,14H2,1-4H3;7-8,11H,4-6,9-10,12H2,1-3H3;9-11H,6-8,12H2,1-5H3;9-12H,5-8,13H2,1-4H3. The molecule has 5 aromatic carbocycles. The van der Waals surface area contributed by atoms with Gasteiger partial charge in [-0.3, -0.25) is 0 Å². The van der Waals surface area contributed by atoms with Gasteiger partial charge in [-0.15, -0.1) is 0 Å². The van der Waals surface area contributed by atoms with Gasteiger partial charge in [0.25, 0.3) is 0 Å². The van der Waals surface area contributed by atoms with Crippen molar-refractivity contribution < 1.29 is 99.5 Å². The van der Waals surface area contributed by atoms with Crippen LogP contribution in [0.25, 0.3) is 0 Å². The Balaban J connectivity index is 0.000000446. The molecule has 0 unspecified atom stereocenters. The van der Waals surface area contributed by atoms with Crippen LogP contribution in [0.1, 0.15) is 166 Å². The first kappa shape index (κ1) is 96.3. The largest absolute Gasteiger partial charge is 0.505 e. The second-order valence-corrected chi connectivity index (χ2v) is 37.0. The molecule has 0 N–H and O–H groups in total. The highest BCUT2D eigenvalue weighted by Gasteiger charge is 2.44. The number of methoxy groups -OCH3 is 3. The molecule has 0 spiro atoms. The van der Waals surface area contributed by atoms with Gasteiger partial charge < -0.3 is 99.5 Å². The van der Waals surface area contributed by atoms with Crippen LogP contribution in [0.15, 0.2) is 109 Å². The zero-order valence-electron chi connectivity index (χ0n) is 68.1. The number of aryl methyl sites for hydroxylation is 1. The molecule has 105 heavy (non-hydrogen) atoms. The first-order valence-corrected chi connectivity index (χ1v) is 47.6. The first-order valence-electron chi connectivity index (χ1n) is 37.9. The Morgan fingerprint density at radius 3 is 0.914 bits per heavy atom. The van der Waals surface area contributed by atoms with Crippen LogP contribution in [0.4, 0.5) is 0 Å². The number of hydrogen-bond acceptors (Lipinski definition) is 22. The van der Waals surface area contributed by atoms with Crippen LogP contribution >= 0.6 is 0 Å². The summed E-state index contributed by atoms with van der Waals surface area (Å²) in [6.07, 6.45) is 1.99. The minimum absolute atomic E-state index is 0.192. The van der Waals surface area contributed by atoms with E-state index >= 15 is 0 Å². The van der Waals surface area contributed by atoms with Crippen molar-refractivity contribution in [2.24, 2.45) is 0 Å². The lowest BCUT2D eigenvalue weighted by Crippen LogP contribution is -2.48. The molecule has 6 rings (SSSR count). The molecule has 1 heterocycles. The van der Waals surface area contributed by atoms with Crippen molar-refractivity contribution in [2.45, 2.75) is 180 Å². The number of rotatable bonds is 48. The summed E-state index contributed by atoms with van der Waals surface area (Å²) in [7, 11) is -8.19. The molecule has 0 saturated heterocycles. The Bertz CT molecular complexity index is 2860. The van der Waals surface area contributed by atoms with Crippen LogP contribution in [-0.4, -0.2) is 190 Å². The maximum Gasteiger partial charge on any atom is 0.505 e. The summed E-state index contributed by atoms with van der Waals surface area (Å²) in [6, 6.07) is 39.5. The first-order chi connectivity index (χ1) is 50.6. The van der Waals surface area contributed by atoms with Crippen LogP contribution in [-0.2, 0) is 97.0 Å². The SMILES string of the molecule is CCO[Si](CCCc1ccc(OC)cc1)(OCC)OCC.CCO[Si](Cc1cc(OC)cc(OC)c1)(OCC)OCC.CCO[Si](Cc1ccc(OC(C)(C)C)cc1)(OCC)OCC.CCO[Si](Cc1ccc2c(c1)OCCO2)(OCC)OCC.CCOc1ccc(C[Si](OCC)(OCC)OCC)cc1. The Labute approximate surface area is 637 Å². The van der Waals surface area contributed by atoms with E-state index in [1.54, 1.807) is 21.3 Å². The zero-order valence-corrected chi connectivity index (χ0v) is 73.1. The summed E-state index contributed by atoms with van der Waals surface area (Å²) < 4.78 is 126. The molecule has 0 bridgehead atoms. The number of hydrogen-bond donors (Lipinski definition) is 0. The summed E-state index contributed by atoms with van der Waals surface area (Å²) in [5.41, 5.74) is 5.50. The van der Waals surface area contributed by atoms with E-state index in [1.807, 2.05) is 216 Å². The predicted octanol–water partition coefficient (Wildman–Crippen LogP) is 16.3. The summed E-state index contributed by atoms with van der Waals surface area (Å²) in [6.45, 7) is 48.4. The molecule has 1 aliphatic heterocycles. The second kappa shape index (κ2) is 54.7. The molecule has 0 aliphatic carbocycles. The molecule has 598 valence electrons. The zero-order chi connectivity index (χ0) is 77.9. The van der Waals surface area contributed by atoms with Gasteiger partial charge in [0.15, 0.2) is 11.5 Å². The van der Waals surface area contributed by atoms with Crippen LogP contribution in [0.2, 0.25) is 6.04 Å². The van der Waals surface area contributed by atoms with Crippen LogP contribution in [0.5, 0.6) is 40.2 Å². The predicted molar refractivity (Wildman–Crippen MR) is 426 cm³/mol. The van der Waals surface area contributed by atoms with Gasteiger partial charge in [0.1, 0.15) is 47.6 Å². The van der Waals surface area contributed by atoms with Crippen molar-refractivity contribution >= 4 is 44.0 Å². The van der Waals surface area contributed by atoms with Crippen molar-refractivity contribution in [3.63, 3.8) is 0 Å². The topological polar surface area (TPSA) is 203 Å². The molecule has 1 aliphatic rings. The third-order valence-electron chi connectivity index (χ3n) is 14.9. The average Bonchev–Trinajstić information content (AvgIpc) is 0.526. The third-order valence-corrected chi connectivity index (χ3v) is 30.1. The molecule has 0 fully saturated rings. The summed E-state index contributed by atoms with van der Waals surface area (Å²) >= 11 is 0. The van der Waals surface area contributed by atoms with Gasteiger partial charge in [-0.2, -0.15) is 0 Å². The van der Waals surface area contributed by atoms with Gasteiger partial charge in [-0.05, 0) is 233 Å². The van der Waals surface area contributed by atoms with E-state index in [4.69, 9.17) is 99.5 Å². The van der Waals surface area contributed by atoms with Crippen molar-refractivity contribution in [1.29, 1.82) is 0 Å².